The molecule has 4 heteroatoms. The van der Waals surface area contributed by atoms with Gasteiger partial charge in [-0.05, 0) is 40.0 Å². The van der Waals surface area contributed by atoms with Crippen molar-refractivity contribution in [1.82, 2.24) is 0 Å². The summed E-state index contributed by atoms with van der Waals surface area (Å²) in [5.41, 5.74) is 0. The normalized spacial score (nSPS) is 10.7. The van der Waals surface area contributed by atoms with Gasteiger partial charge in [-0.2, -0.15) is 0 Å². The Morgan fingerprint density at radius 2 is 0.679 bits per heavy atom. The van der Waals surface area contributed by atoms with Crippen molar-refractivity contribution in [2.75, 3.05) is 66.6 Å². The Balaban J connectivity index is -0.000000173. The van der Waals surface area contributed by atoms with Crippen LogP contribution in [0.1, 0.15) is 93.9 Å². The molecule has 0 aromatic rings. The molecule has 0 saturated carbocycles. The molecule has 0 aliphatic heterocycles. The summed E-state index contributed by atoms with van der Waals surface area (Å²) in [6.07, 6.45) is 8.20. The predicted octanol–water partition coefficient (Wildman–Crippen LogP) is 4.06. The van der Waals surface area contributed by atoms with Gasteiger partial charge in [0.05, 0.1) is 53.4 Å². The molecule has 0 bridgehead atoms. The van der Waals surface area contributed by atoms with Crippen LogP contribution in [0.2, 0.25) is 0 Å². The van der Waals surface area contributed by atoms with Gasteiger partial charge in [0.15, 0.2) is 0 Å². The molecule has 0 fully saturated rings. The molecule has 0 saturated heterocycles. The van der Waals surface area contributed by atoms with E-state index in [0.717, 1.165) is 0 Å². The number of rotatable bonds is 12. The number of hydrogen-bond donors (Lipinski definition) is 0. The first kappa shape index (κ1) is 35.3. The molecule has 0 spiro atoms. The molecule has 28 heavy (non-hydrogen) atoms. The molecular weight excluding hydrogens is 348 g/mol. The summed E-state index contributed by atoms with van der Waals surface area (Å²) in [5.74, 6) is 0. The van der Waals surface area contributed by atoms with E-state index in [1.54, 1.807) is 13.8 Å². The maximum absolute atomic E-state index is 8.93. The van der Waals surface area contributed by atoms with Crippen LogP contribution in [0.25, 0.3) is 0 Å². The first-order valence-corrected chi connectivity index (χ1v) is 12.0. The quantitative estimate of drug-likeness (QED) is 0.459. The highest BCUT2D eigenvalue weighted by Gasteiger charge is 2.18. The third-order valence-corrected chi connectivity index (χ3v) is 5.44. The minimum atomic E-state index is 0. The third-order valence-electron chi connectivity index (χ3n) is 5.44. The maximum Gasteiger partial charge on any atom is 0.0784 e. The fourth-order valence-electron chi connectivity index (χ4n) is 2.63. The predicted molar refractivity (Wildman–Crippen MR) is 124 cm³/mol. The van der Waals surface area contributed by atoms with E-state index in [2.05, 4.69) is 55.6 Å². The number of quaternary nitrogens is 2. The molecule has 0 aromatic carbocycles. The van der Waals surface area contributed by atoms with Gasteiger partial charge in [-0.3, -0.25) is 0 Å². The summed E-state index contributed by atoms with van der Waals surface area (Å²) < 4.78 is 2.52. The number of hydrogen-bond acceptors (Lipinski definition) is 2. The second-order valence-electron chi connectivity index (χ2n) is 8.00. The Hall–Kier alpha value is -0.160. The van der Waals surface area contributed by atoms with Gasteiger partial charge in [0.2, 0.25) is 0 Å². The molecule has 0 aromatic heterocycles. The second-order valence-corrected chi connectivity index (χ2v) is 8.00. The van der Waals surface area contributed by atoms with Crippen LogP contribution in [0.5, 0.6) is 0 Å². The van der Waals surface area contributed by atoms with Gasteiger partial charge in [-0.15, -0.1) is 13.2 Å². The molecule has 0 aliphatic carbocycles. The van der Waals surface area contributed by atoms with Crippen molar-refractivity contribution >= 4 is 0 Å². The van der Waals surface area contributed by atoms with Crippen molar-refractivity contribution in [2.45, 2.75) is 93.9 Å². The molecule has 176 valence electrons. The fraction of sp³-hybridized carbons (Fsp3) is 1.00. The molecule has 4 nitrogen and oxygen atoms in total. The van der Waals surface area contributed by atoms with Crippen LogP contribution in [0.4, 0.5) is 0 Å². The Morgan fingerprint density at radius 3 is 0.786 bits per heavy atom. The Morgan fingerprint density at radius 1 is 0.464 bits per heavy atom. The maximum atomic E-state index is 8.93. The summed E-state index contributed by atoms with van der Waals surface area (Å²) >= 11 is 0. The van der Waals surface area contributed by atoms with Gasteiger partial charge in [-0.25, -0.2) is 0 Å². The lowest BCUT2D eigenvalue weighted by Gasteiger charge is -2.34. The van der Waals surface area contributed by atoms with Crippen molar-refractivity contribution in [1.29, 1.82) is 0 Å². The van der Waals surface area contributed by atoms with Crippen LogP contribution in [0.3, 0.4) is 0 Å². The summed E-state index contributed by atoms with van der Waals surface area (Å²) in [6.45, 7) is 24.7. The van der Waals surface area contributed by atoms with Crippen molar-refractivity contribution in [3.05, 3.63) is 0 Å². The van der Waals surface area contributed by atoms with Crippen molar-refractivity contribution in [2.24, 2.45) is 0 Å². The van der Waals surface area contributed by atoms with E-state index in [9.17, 15) is 0 Å². The second kappa shape index (κ2) is 26.8. The summed E-state index contributed by atoms with van der Waals surface area (Å²) in [4.78, 5) is 0. The van der Waals surface area contributed by atoms with Crippen LogP contribution in [-0.2, 0) is 0 Å². The zero-order valence-electron chi connectivity index (χ0n) is 21.6. The molecule has 0 heterocycles. The van der Waals surface area contributed by atoms with E-state index in [-0.39, 0.29) is 13.2 Å². The van der Waals surface area contributed by atoms with Crippen LogP contribution in [0.15, 0.2) is 0 Å². The standard InChI is InChI=1S/C13H30N.C7H18N.2C2H5O/c1-5-8-11-14(4,12-9-6-2)13-10-7-3;1-5-8(4,6-2)7-3;2*1-2-3/h5-13H2,1-4H3;5-7H2,1-4H3;2*2H2,1H3/q2*+1;2*-1. The van der Waals surface area contributed by atoms with Crippen LogP contribution in [0, 0.1) is 0 Å². The van der Waals surface area contributed by atoms with E-state index >= 15 is 0 Å². The minimum absolute atomic E-state index is 0. The van der Waals surface area contributed by atoms with Gasteiger partial charge in [0.1, 0.15) is 0 Å². The SMILES string of the molecule is CCCC[N+](C)(CCCC)CCCC.CC[N+](C)(CC)CC.CC[O-].CC[O-]. The molecule has 0 aliphatic rings. The fourth-order valence-corrected chi connectivity index (χ4v) is 2.63. The lowest BCUT2D eigenvalue weighted by Crippen LogP contribution is -2.46. The molecule has 0 amide bonds. The van der Waals surface area contributed by atoms with Crippen molar-refractivity contribution < 1.29 is 19.2 Å². The zero-order chi connectivity index (χ0) is 22.9. The topological polar surface area (TPSA) is 46.1 Å². The monoisotopic (exact) mass is 406 g/mol. The van der Waals surface area contributed by atoms with E-state index < -0.39 is 0 Å². The van der Waals surface area contributed by atoms with Crippen LogP contribution < -0.4 is 10.2 Å². The lowest BCUT2D eigenvalue weighted by atomic mass is 10.2. The largest absolute Gasteiger partial charge is 0.855 e. The third kappa shape index (κ3) is 28.1. The van der Waals surface area contributed by atoms with E-state index in [0.29, 0.717) is 0 Å². The smallest absolute Gasteiger partial charge is 0.0784 e. The van der Waals surface area contributed by atoms with Crippen LogP contribution >= 0.6 is 0 Å². The Bertz CT molecular complexity index is 225. The van der Waals surface area contributed by atoms with Crippen molar-refractivity contribution in [3.63, 3.8) is 0 Å². The van der Waals surface area contributed by atoms with Gasteiger partial charge >= 0.3 is 0 Å². The molecule has 0 atom stereocenters. The van der Waals surface area contributed by atoms with E-state index in [4.69, 9.17) is 10.2 Å². The summed E-state index contributed by atoms with van der Waals surface area (Å²) in [7, 11) is 4.74. The molecule has 0 unspecified atom stereocenters. The van der Waals surface area contributed by atoms with Gasteiger partial charge in [0.25, 0.3) is 0 Å². The molecule has 0 N–H and O–H groups in total. The average Bonchev–Trinajstić information content (AvgIpc) is 2.70. The number of nitrogens with zero attached hydrogens (tertiary/aromatic N) is 2. The van der Waals surface area contributed by atoms with E-state index in [1.165, 1.54) is 86.8 Å². The van der Waals surface area contributed by atoms with Gasteiger partial charge in [0, 0.05) is 0 Å². The van der Waals surface area contributed by atoms with E-state index in [1.807, 2.05) is 0 Å². The molecular formula is C24H58N2O2. The number of unbranched alkanes of at least 4 members (excludes halogenated alkanes) is 3. The highest BCUT2D eigenvalue weighted by atomic mass is 16.3. The lowest BCUT2D eigenvalue weighted by molar-refractivity contribution is -0.910. The highest BCUT2D eigenvalue weighted by molar-refractivity contribution is 4.43. The average molecular weight is 407 g/mol. The molecule has 0 rings (SSSR count). The first-order chi connectivity index (χ1) is 13.2. The highest BCUT2D eigenvalue weighted by Crippen LogP contribution is 2.10. The molecule has 0 radical (unpaired) electrons. The summed E-state index contributed by atoms with van der Waals surface area (Å²) in [5, 5.41) is 17.9. The Kier molecular flexibility index (Phi) is 33.8. The summed E-state index contributed by atoms with van der Waals surface area (Å²) in [6, 6.07) is 0. The van der Waals surface area contributed by atoms with Crippen LogP contribution in [-0.4, -0.2) is 75.5 Å². The Labute approximate surface area is 180 Å². The van der Waals surface area contributed by atoms with Gasteiger partial charge < -0.3 is 19.2 Å². The first-order valence-electron chi connectivity index (χ1n) is 12.0. The zero-order valence-corrected chi connectivity index (χ0v) is 21.6. The minimum Gasteiger partial charge on any atom is -0.855 e. The van der Waals surface area contributed by atoms with Gasteiger partial charge in [-0.1, -0.05) is 53.9 Å². The van der Waals surface area contributed by atoms with Crippen molar-refractivity contribution in [3.8, 4) is 0 Å².